The molecule has 28 heavy (non-hydrogen) atoms. The van der Waals surface area contributed by atoms with Gasteiger partial charge in [-0.25, -0.2) is 0 Å². The molecule has 1 atom stereocenters. The smallest absolute Gasteiger partial charge is 0.124 e. The molecule has 1 fully saturated rings. The Morgan fingerprint density at radius 2 is 1.71 bits per heavy atom. The molecule has 156 valence electrons. The zero-order chi connectivity index (χ0) is 18.4. The van der Waals surface area contributed by atoms with Crippen LogP contribution in [0.4, 0.5) is 0 Å². The third-order valence-electron chi connectivity index (χ3n) is 4.90. The highest BCUT2D eigenvalue weighted by molar-refractivity contribution is 5.85. The normalized spacial score (nSPS) is 15.4. The number of piperazine rings is 1. The van der Waals surface area contributed by atoms with Crippen LogP contribution < -0.4 is 10.1 Å². The zero-order valence-electron chi connectivity index (χ0n) is 16.6. The molecule has 1 saturated heterocycles. The summed E-state index contributed by atoms with van der Waals surface area (Å²) in [4.78, 5) is 2.48. The van der Waals surface area contributed by atoms with E-state index in [1.807, 2.05) is 42.5 Å². The number of rotatable bonds is 7. The van der Waals surface area contributed by atoms with Gasteiger partial charge >= 0.3 is 0 Å². The third kappa shape index (κ3) is 6.85. The fraction of sp³-hybridized carbons (Fsp3) is 0.455. The molecule has 0 radical (unpaired) electrons. The van der Waals surface area contributed by atoms with Gasteiger partial charge in [0.2, 0.25) is 0 Å². The maximum atomic E-state index is 10.7. The Morgan fingerprint density at radius 3 is 2.32 bits per heavy atom. The molecule has 1 heterocycles. The lowest BCUT2D eigenvalue weighted by atomic mass is 9.94. The number of nitrogens with zero attached hydrogens (tertiary/aromatic N) is 1. The summed E-state index contributed by atoms with van der Waals surface area (Å²) in [7, 11) is 0. The van der Waals surface area contributed by atoms with Crippen molar-refractivity contribution < 1.29 is 9.84 Å². The van der Waals surface area contributed by atoms with Crippen molar-refractivity contribution in [1.29, 1.82) is 0 Å². The molecule has 3 rings (SSSR count). The van der Waals surface area contributed by atoms with Crippen LogP contribution in [0.25, 0.3) is 0 Å². The standard InChI is InChI=1S/C22H30N2O2.2ClH/c1-17(2)14-21(24-12-10-23-11-13-24)20-9-8-19(15-22(20)25)26-16-18-6-4-3-5-7-18;;/h3-9,15,17,21,23,25H,10-14,16H2,1-2H3;2*1H/t21-;;/m0../s1. The summed E-state index contributed by atoms with van der Waals surface area (Å²) in [6.07, 6.45) is 1.04. The Labute approximate surface area is 181 Å². The van der Waals surface area contributed by atoms with Crippen LogP contribution >= 0.6 is 24.8 Å². The fourth-order valence-corrected chi connectivity index (χ4v) is 3.55. The van der Waals surface area contributed by atoms with Crippen LogP contribution in [0.2, 0.25) is 0 Å². The number of hydrogen-bond acceptors (Lipinski definition) is 4. The van der Waals surface area contributed by atoms with Crippen LogP contribution in [-0.2, 0) is 6.61 Å². The van der Waals surface area contributed by atoms with Crippen molar-refractivity contribution in [2.24, 2.45) is 5.92 Å². The minimum atomic E-state index is 0. The molecule has 6 heteroatoms. The van der Waals surface area contributed by atoms with Gasteiger partial charge in [-0.1, -0.05) is 50.2 Å². The molecule has 0 bridgehead atoms. The number of nitrogens with one attached hydrogen (secondary N) is 1. The van der Waals surface area contributed by atoms with Crippen LogP contribution in [0.3, 0.4) is 0 Å². The van der Waals surface area contributed by atoms with Crippen molar-refractivity contribution in [3.8, 4) is 11.5 Å². The Morgan fingerprint density at radius 1 is 1.04 bits per heavy atom. The first-order chi connectivity index (χ1) is 12.6. The molecule has 2 aromatic carbocycles. The molecular weight excluding hydrogens is 395 g/mol. The maximum absolute atomic E-state index is 10.7. The van der Waals surface area contributed by atoms with E-state index in [2.05, 4.69) is 24.1 Å². The van der Waals surface area contributed by atoms with Crippen molar-refractivity contribution in [3.63, 3.8) is 0 Å². The van der Waals surface area contributed by atoms with Crippen molar-refractivity contribution in [3.05, 3.63) is 59.7 Å². The first kappa shape index (κ1) is 24.6. The van der Waals surface area contributed by atoms with E-state index in [4.69, 9.17) is 4.74 Å². The third-order valence-corrected chi connectivity index (χ3v) is 4.90. The number of halogens is 2. The van der Waals surface area contributed by atoms with E-state index in [1.54, 1.807) is 6.07 Å². The lowest BCUT2D eigenvalue weighted by Crippen LogP contribution is -2.45. The number of benzene rings is 2. The minimum absolute atomic E-state index is 0. The quantitative estimate of drug-likeness (QED) is 0.666. The lowest BCUT2D eigenvalue weighted by molar-refractivity contribution is 0.151. The molecule has 0 aromatic heterocycles. The number of hydrogen-bond donors (Lipinski definition) is 2. The first-order valence-corrected chi connectivity index (χ1v) is 9.58. The van der Waals surface area contributed by atoms with E-state index < -0.39 is 0 Å². The van der Waals surface area contributed by atoms with E-state index in [9.17, 15) is 5.11 Å². The van der Waals surface area contributed by atoms with E-state index in [0.29, 0.717) is 24.0 Å². The van der Waals surface area contributed by atoms with Crippen molar-refractivity contribution >= 4 is 24.8 Å². The Bertz CT molecular complexity index is 692. The summed E-state index contributed by atoms with van der Waals surface area (Å²) in [5.41, 5.74) is 2.13. The highest BCUT2D eigenvalue weighted by Crippen LogP contribution is 2.36. The Kier molecular flexibility index (Phi) is 10.7. The SMILES string of the molecule is CC(C)C[C@@H](c1ccc(OCc2ccccc2)cc1O)N1CCNCC1.Cl.Cl. The maximum Gasteiger partial charge on any atom is 0.124 e. The fourth-order valence-electron chi connectivity index (χ4n) is 3.55. The van der Waals surface area contributed by atoms with Crippen LogP contribution in [0, 0.1) is 5.92 Å². The van der Waals surface area contributed by atoms with Gasteiger partial charge in [0.1, 0.15) is 18.1 Å². The van der Waals surface area contributed by atoms with Crippen molar-refractivity contribution in [2.75, 3.05) is 26.2 Å². The molecule has 2 N–H and O–H groups in total. The largest absolute Gasteiger partial charge is 0.507 e. The average molecular weight is 427 g/mol. The molecule has 0 saturated carbocycles. The molecule has 1 aliphatic rings. The predicted octanol–water partition coefficient (Wildman–Crippen LogP) is 4.81. The topological polar surface area (TPSA) is 44.7 Å². The van der Waals surface area contributed by atoms with Gasteiger partial charge in [0.25, 0.3) is 0 Å². The highest BCUT2D eigenvalue weighted by atomic mass is 35.5. The van der Waals surface area contributed by atoms with E-state index in [0.717, 1.165) is 43.7 Å². The van der Waals surface area contributed by atoms with Gasteiger partial charge in [0.15, 0.2) is 0 Å². The van der Waals surface area contributed by atoms with Gasteiger partial charge in [-0.15, -0.1) is 24.8 Å². The summed E-state index contributed by atoms with van der Waals surface area (Å²) in [6.45, 7) is 9.04. The van der Waals surface area contributed by atoms with Gasteiger partial charge in [-0.2, -0.15) is 0 Å². The van der Waals surface area contributed by atoms with Gasteiger partial charge in [-0.3, -0.25) is 4.90 Å². The summed E-state index contributed by atoms with van der Waals surface area (Å²) >= 11 is 0. The van der Waals surface area contributed by atoms with Gasteiger partial charge < -0.3 is 15.2 Å². The molecule has 0 spiro atoms. The Hall–Kier alpha value is -1.46. The summed E-state index contributed by atoms with van der Waals surface area (Å²) < 4.78 is 5.85. The average Bonchev–Trinajstić information content (AvgIpc) is 2.66. The molecule has 4 nitrogen and oxygen atoms in total. The molecule has 0 amide bonds. The van der Waals surface area contributed by atoms with E-state index in [-0.39, 0.29) is 30.9 Å². The zero-order valence-corrected chi connectivity index (χ0v) is 18.3. The van der Waals surface area contributed by atoms with Crippen molar-refractivity contribution in [2.45, 2.75) is 32.9 Å². The molecule has 2 aromatic rings. The van der Waals surface area contributed by atoms with Crippen LogP contribution in [0.5, 0.6) is 11.5 Å². The summed E-state index contributed by atoms with van der Waals surface area (Å²) in [5.74, 6) is 1.61. The van der Waals surface area contributed by atoms with Gasteiger partial charge in [0.05, 0.1) is 0 Å². The van der Waals surface area contributed by atoms with E-state index >= 15 is 0 Å². The van der Waals surface area contributed by atoms with E-state index in [1.165, 1.54) is 0 Å². The first-order valence-electron chi connectivity index (χ1n) is 9.58. The number of phenolic OH excluding ortho intramolecular Hbond substituents is 1. The van der Waals surface area contributed by atoms with Gasteiger partial charge in [-0.05, 0) is 24.0 Å². The second kappa shape index (κ2) is 12.2. The summed E-state index contributed by atoms with van der Waals surface area (Å²) in [5, 5.41) is 14.1. The second-order valence-electron chi connectivity index (χ2n) is 7.43. The number of ether oxygens (including phenoxy) is 1. The monoisotopic (exact) mass is 426 g/mol. The second-order valence-corrected chi connectivity index (χ2v) is 7.43. The number of aromatic hydroxyl groups is 1. The number of phenols is 1. The highest BCUT2D eigenvalue weighted by Gasteiger charge is 2.25. The molecule has 0 unspecified atom stereocenters. The lowest BCUT2D eigenvalue weighted by Gasteiger charge is -2.36. The molecular formula is C22H32Cl2N2O2. The summed E-state index contributed by atoms with van der Waals surface area (Å²) in [6, 6.07) is 16.1. The van der Waals surface area contributed by atoms with Crippen molar-refractivity contribution in [1.82, 2.24) is 10.2 Å². The Balaban J connectivity index is 0.00000196. The minimum Gasteiger partial charge on any atom is -0.507 e. The molecule has 1 aliphatic heterocycles. The van der Waals surface area contributed by atoms with Gasteiger partial charge in [0, 0.05) is 43.9 Å². The molecule has 0 aliphatic carbocycles. The van der Waals surface area contributed by atoms with Crippen LogP contribution in [-0.4, -0.2) is 36.2 Å². The predicted molar refractivity (Wildman–Crippen MR) is 120 cm³/mol. The van der Waals surface area contributed by atoms with Crippen LogP contribution in [0.1, 0.15) is 37.4 Å². The van der Waals surface area contributed by atoms with Crippen LogP contribution in [0.15, 0.2) is 48.5 Å².